The molecule has 0 aliphatic heterocycles. The van der Waals surface area contributed by atoms with Gasteiger partial charge in [0, 0.05) is 73.7 Å². The molecule has 0 aliphatic rings. The molecular weight excluding hydrogens is 1390 g/mol. The summed E-state index contributed by atoms with van der Waals surface area (Å²) in [5.41, 5.74) is 23.4. The second-order valence-corrected chi connectivity index (χ2v) is 31.3. The quantitative estimate of drug-likeness (QED) is 0.114. The fourth-order valence-electron chi connectivity index (χ4n) is 16.9. The van der Waals surface area contributed by atoms with Crippen LogP contribution < -0.4 is 0 Å². The van der Waals surface area contributed by atoms with Gasteiger partial charge in [-0.1, -0.05) is 322 Å². The van der Waals surface area contributed by atoms with E-state index in [1.807, 2.05) is 40.9 Å². The summed E-state index contributed by atoms with van der Waals surface area (Å²) in [5.74, 6) is 1.35. The highest BCUT2D eigenvalue weighted by Crippen LogP contribution is 2.45. The Bertz CT molecular complexity index is 7510. The summed E-state index contributed by atoms with van der Waals surface area (Å²) < 4.78 is 5.23. The van der Waals surface area contributed by atoms with Crippen LogP contribution in [0, 0.1) is 0 Å². The fraction of sp³-hybridized carbons (Fsp3) is 0. The van der Waals surface area contributed by atoms with Crippen LogP contribution in [0.2, 0.25) is 0 Å². The summed E-state index contributed by atoms with van der Waals surface area (Å²) in [4.78, 5) is 21.3. The molecule has 0 spiro atoms. The van der Waals surface area contributed by atoms with Crippen molar-refractivity contribution in [1.29, 1.82) is 0 Å². The Kier molecular flexibility index (Phi) is 15.6. The maximum absolute atomic E-state index is 5.46. The van der Waals surface area contributed by atoms with Crippen molar-refractivity contribution in [3.63, 3.8) is 0 Å². The molecule has 6 heteroatoms. The Morgan fingerprint density at radius 2 is 0.500 bits per heavy atom. The van der Waals surface area contributed by atoms with Crippen LogP contribution in [0.1, 0.15) is 0 Å². The maximum Gasteiger partial charge on any atom is 0.160 e. The molecule has 0 bridgehead atoms. The minimum absolute atomic E-state index is 0.663. The Hall–Kier alpha value is -14.1. The van der Waals surface area contributed by atoms with Crippen molar-refractivity contribution in [3.8, 4) is 135 Å². The Balaban J connectivity index is 0.582. The van der Waals surface area contributed by atoms with Gasteiger partial charge in [-0.25, -0.2) is 19.9 Å². The Morgan fingerprint density at radius 3 is 1.07 bits per heavy atom. The van der Waals surface area contributed by atoms with Gasteiger partial charge in [-0.15, -0.1) is 22.7 Å². The molecule has 0 atom stereocenters. The number of hydrogen-bond acceptors (Lipinski definition) is 6. The van der Waals surface area contributed by atoms with Crippen molar-refractivity contribution < 1.29 is 0 Å². The normalized spacial score (nSPS) is 11.8. The van der Waals surface area contributed by atoms with Crippen LogP contribution in [-0.4, -0.2) is 19.9 Å². The number of aromatic nitrogens is 4. The number of nitrogens with zero attached hydrogens (tertiary/aromatic N) is 4. The number of benzene rings is 18. The number of fused-ring (bicyclic) bond motifs is 15. The molecule has 0 amide bonds. The summed E-state index contributed by atoms with van der Waals surface area (Å²) in [7, 11) is 0. The number of hydrogen-bond donors (Lipinski definition) is 0. The lowest BCUT2D eigenvalue weighted by Crippen LogP contribution is -1.96. The molecule has 18 aromatic carbocycles. The molecule has 0 aliphatic carbocycles. The Labute approximate surface area is 654 Å². The molecular formula is C106H64N4S2. The zero-order chi connectivity index (χ0) is 73.7. The van der Waals surface area contributed by atoms with E-state index in [0.717, 1.165) is 95.1 Å². The van der Waals surface area contributed by atoms with Gasteiger partial charge in [0.2, 0.25) is 0 Å². The first-order chi connectivity index (χ1) is 55.4. The molecule has 0 N–H and O–H groups in total. The molecule has 112 heavy (non-hydrogen) atoms. The van der Waals surface area contributed by atoms with Crippen LogP contribution in [0.25, 0.3) is 229 Å². The largest absolute Gasteiger partial charge is 0.228 e. The highest BCUT2D eigenvalue weighted by atomic mass is 32.1. The van der Waals surface area contributed by atoms with E-state index < -0.39 is 0 Å². The molecule has 0 saturated heterocycles. The minimum atomic E-state index is 0.663. The summed E-state index contributed by atoms with van der Waals surface area (Å²) >= 11 is 3.70. The van der Waals surface area contributed by atoms with E-state index in [-0.39, 0.29) is 0 Å². The van der Waals surface area contributed by atoms with Gasteiger partial charge in [0.25, 0.3) is 0 Å². The second-order valence-electron chi connectivity index (χ2n) is 29.1. The third-order valence-electron chi connectivity index (χ3n) is 22.6. The van der Waals surface area contributed by atoms with E-state index in [1.165, 1.54) is 122 Å². The molecule has 4 heterocycles. The summed E-state index contributed by atoms with van der Waals surface area (Å²) in [6.07, 6.45) is 0. The molecule has 4 nitrogen and oxygen atoms in total. The van der Waals surface area contributed by atoms with Crippen molar-refractivity contribution in [1.82, 2.24) is 19.9 Å². The smallest absolute Gasteiger partial charge is 0.160 e. The molecule has 520 valence electrons. The molecule has 22 aromatic rings. The molecule has 4 aromatic heterocycles. The topological polar surface area (TPSA) is 51.6 Å². The van der Waals surface area contributed by atoms with Crippen LogP contribution in [0.4, 0.5) is 0 Å². The molecule has 0 radical (unpaired) electrons. The van der Waals surface area contributed by atoms with Crippen molar-refractivity contribution in [2.75, 3.05) is 0 Å². The van der Waals surface area contributed by atoms with Gasteiger partial charge in [0.05, 0.1) is 22.8 Å². The Morgan fingerprint density at radius 1 is 0.152 bits per heavy atom. The third-order valence-corrected chi connectivity index (χ3v) is 24.8. The molecule has 0 unspecified atom stereocenters. The van der Waals surface area contributed by atoms with E-state index in [1.54, 1.807) is 0 Å². The first-order valence-corrected chi connectivity index (χ1v) is 39.7. The molecule has 22 rings (SSSR count). The monoisotopic (exact) mass is 1460 g/mol. The van der Waals surface area contributed by atoms with Gasteiger partial charge in [0.1, 0.15) is 0 Å². The summed E-state index contributed by atoms with van der Waals surface area (Å²) in [5, 5.41) is 17.4. The lowest BCUT2D eigenvalue weighted by molar-refractivity contribution is 1.18. The predicted molar refractivity (Wildman–Crippen MR) is 476 cm³/mol. The number of rotatable bonds is 12. The van der Waals surface area contributed by atoms with Crippen LogP contribution in [-0.2, 0) is 0 Å². The average Bonchev–Trinajstić information content (AvgIpc) is 0.978. The highest BCUT2D eigenvalue weighted by molar-refractivity contribution is 7.26. The van der Waals surface area contributed by atoms with E-state index >= 15 is 0 Å². The zero-order valence-electron chi connectivity index (χ0n) is 60.6. The zero-order valence-corrected chi connectivity index (χ0v) is 62.2. The number of thiophene rings is 2. The molecule has 0 fully saturated rings. The van der Waals surface area contributed by atoms with E-state index in [9.17, 15) is 0 Å². The lowest BCUT2D eigenvalue weighted by Gasteiger charge is -2.14. The van der Waals surface area contributed by atoms with Crippen molar-refractivity contribution >= 4 is 117 Å². The maximum atomic E-state index is 5.46. The van der Waals surface area contributed by atoms with E-state index in [0.29, 0.717) is 11.6 Å². The van der Waals surface area contributed by atoms with Gasteiger partial charge in [0.15, 0.2) is 11.6 Å². The second kappa shape index (κ2) is 26.9. The van der Waals surface area contributed by atoms with Crippen LogP contribution in [0.3, 0.4) is 0 Å². The van der Waals surface area contributed by atoms with Crippen molar-refractivity contribution in [2.45, 2.75) is 0 Å². The van der Waals surface area contributed by atoms with Crippen molar-refractivity contribution in [2.24, 2.45) is 0 Å². The van der Waals surface area contributed by atoms with Gasteiger partial charge >= 0.3 is 0 Å². The van der Waals surface area contributed by atoms with Gasteiger partial charge in [-0.2, -0.15) is 0 Å². The molecule has 0 saturated carbocycles. The first kappa shape index (κ1) is 65.0. The van der Waals surface area contributed by atoms with Gasteiger partial charge in [-0.3, -0.25) is 0 Å². The average molecular weight is 1460 g/mol. The van der Waals surface area contributed by atoms with Crippen LogP contribution in [0.15, 0.2) is 388 Å². The predicted octanol–water partition coefficient (Wildman–Crippen LogP) is 29.8. The van der Waals surface area contributed by atoms with Gasteiger partial charge in [-0.05, 0) is 187 Å². The highest BCUT2D eigenvalue weighted by Gasteiger charge is 2.20. The van der Waals surface area contributed by atoms with E-state index in [4.69, 9.17) is 19.9 Å². The minimum Gasteiger partial charge on any atom is -0.228 e. The third kappa shape index (κ3) is 11.5. The lowest BCUT2D eigenvalue weighted by atomic mass is 9.90. The first-order valence-electron chi connectivity index (χ1n) is 38.0. The summed E-state index contributed by atoms with van der Waals surface area (Å²) in [6.45, 7) is 0. The summed E-state index contributed by atoms with van der Waals surface area (Å²) in [6, 6.07) is 141. The fourth-order valence-corrected chi connectivity index (χ4v) is 19.1. The van der Waals surface area contributed by atoms with E-state index in [2.05, 4.69) is 370 Å². The van der Waals surface area contributed by atoms with Crippen LogP contribution >= 0.6 is 22.7 Å². The van der Waals surface area contributed by atoms with Gasteiger partial charge < -0.3 is 0 Å². The van der Waals surface area contributed by atoms with Crippen molar-refractivity contribution in [3.05, 3.63) is 388 Å². The SMILES string of the molecule is c1ccc(-c2nc(-c3ccc(-c4ccc5c6ccccc6c6cc(-c7ccc(-c8cc(-c9ccc(-c%10ccc(-c%11ccc%12sc%13ccccc%13c%12c%11)cc%10)cc9)nc(-c9cccc(-c%10cc%11ccccc%11c%11ccccc%10%11)c9)n8)cc7)ccc6c5c4)cc3)cc(-c3ccc(-c4cccc5sc6ccccc6c45)cc3)n2)cc1. The standard InChI is InChI=1S/C106H64N4S2/c1-2-16-75(17-3-1)105-107-96(63-97(108-105)74-50-42-70(43-51-74)83-28-15-31-103-104(83)91-27-11-13-30-101(91)112-103)72-46-38-68(39-47-72)76-52-55-88-85-23-7-9-25-87(85)93-59-77(53-56-89(93)94(88)60-76)69-40-48-73(49-41-69)99-64-98(109-106(110-99)81-20-14-19-79(58-81)92-62-80-18-4-5-21-82(80)84-22-6-8-24-86(84)92)71-44-36-66(37-45-71)65-32-34-67(35-33-65)78-54-57-102-95(61-78)90-26-10-12-29-100(90)111-102/h1-64H. The van der Waals surface area contributed by atoms with Crippen LogP contribution in [0.5, 0.6) is 0 Å².